The van der Waals surface area contributed by atoms with Crippen molar-refractivity contribution in [1.82, 2.24) is 10.6 Å². The van der Waals surface area contributed by atoms with E-state index in [1.165, 1.54) is 12.7 Å². The molecule has 2 rings (SSSR count). The van der Waals surface area contributed by atoms with Crippen LogP contribution in [-0.4, -0.2) is 35.2 Å². The number of thioether (sulfide) groups is 1. The van der Waals surface area contributed by atoms with Crippen molar-refractivity contribution in [2.45, 2.75) is 49.5 Å². The molecular formula is C15H24N2O3S. The van der Waals surface area contributed by atoms with Gasteiger partial charge >= 0.3 is 6.03 Å². The summed E-state index contributed by atoms with van der Waals surface area (Å²) in [6.45, 7) is 1.74. The number of amides is 2. The zero-order valence-electron chi connectivity index (χ0n) is 12.6. The number of urea groups is 1. The summed E-state index contributed by atoms with van der Waals surface area (Å²) in [6, 6.07) is 3.40. The van der Waals surface area contributed by atoms with Crippen LogP contribution in [0.1, 0.15) is 38.4 Å². The van der Waals surface area contributed by atoms with Crippen molar-refractivity contribution in [3.63, 3.8) is 0 Å². The Balaban J connectivity index is 1.82. The van der Waals surface area contributed by atoms with Crippen LogP contribution in [-0.2, 0) is 5.60 Å². The lowest BCUT2D eigenvalue weighted by Gasteiger charge is -2.31. The van der Waals surface area contributed by atoms with Gasteiger partial charge in [0.2, 0.25) is 0 Å². The molecule has 0 aliphatic heterocycles. The molecule has 118 valence electrons. The van der Waals surface area contributed by atoms with Crippen LogP contribution in [0.4, 0.5) is 4.79 Å². The number of rotatable bonds is 5. The van der Waals surface area contributed by atoms with Gasteiger partial charge in [-0.25, -0.2) is 4.79 Å². The molecule has 0 bridgehead atoms. The smallest absolute Gasteiger partial charge is 0.315 e. The quantitative estimate of drug-likeness (QED) is 0.781. The van der Waals surface area contributed by atoms with Gasteiger partial charge in [-0.2, -0.15) is 11.8 Å². The Bertz CT molecular complexity index is 448. The van der Waals surface area contributed by atoms with Gasteiger partial charge in [0.15, 0.2) is 0 Å². The summed E-state index contributed by atoms with van der Waals surface area (Å²) in [5, 5.41) is 16.5. The second kappa shape index (κ2) is 7.22. The highest BCUT2D eigenvalue weighted by atomic mass is 32.2. The van der Waals surface area contributed by atoms with Gasteiger partial charge in [-0.3, -0.25) is 0 Å². The van der Waals surface area contributed by atoms with E-state index < -0.39 is 5.60 Å². The predicted octanol–water partition coefficient (Wildman–Crippen LogP) is 2.46. The molecule has 1 aromatic heterocycles. The van der Waals surface area contributed by atoms with E-state index in [0.29, 0.717) is 11.0 Å². The molecule has 21 heavy (non-hydrogen) atoms. The van der Waals surface area contributed by atoms with Crippen molar-refractivity contribution in [2.24, 2.45) is 0 Å². The summed E-state index contributed by atoms with van der Waals surface area (Å²) in [5.74, 6) is 0.447. The molecule has 1 aromatic rings. The Morgan fingerprint density at radius 2 is 2.29 bits per heavy atom. The lowest BCUT2D eigenvalue weighted by molar-refractivity contribution is 0.0366. The largest absolute Gasteiger partial charge is 0.466 e. The van der Waals surface area contributed by atoms with Crippen molar-refractivity contribution >= 4 is 17.8 Å². The van der Waals surface area contributed by atoms with Crippen LogP contribution in [0.5, 0.6) is 0 Å². The molecule has 5 nitrogen and oxygen atoms in total. The van der Waals surface area contributed by atoms with Gasteiger partial charge in [0.05, 0.1) is 12.8 Å². The Morgan fingerprint density at radius 3 is 2.95 bits per heavy atom. The van der Waals surface area contributed by atoms with E-state index in [0.717, 1.165) is 19.3 Å². The van der Waals surface area contributed by atoms with Crippen molar-refractivity contribution in [2.75, 3.05) is 12.8 Å². The fraction of sp³-hybridized carbons (Fsp3) is 0.667. The molecule has 0 spiro atoms. The fourth-order valence-corrected chi connectivity index (χ4v) is 3.62. The van der Waals surface area contributed by atoms with Gasteiger partial charge in [-0.15, -0.1) is 0 Å². The highest BCUT2D eigenvalue weighted by Crippen LogP contribution is 2.27. The molecule has 3 N–H and O–H groups in total. The van der Waals surface area contributed by atoms with Crippen LogP contribution in [0.3, 0.4) is 0 Å². The molecule has 6 heteroatoms. The normalized spacial score (nSPS) is 25.1. The van der Waals surface area contributed by atoms with Crippen LogP contribution in [0, 0.1) is 0 Å². The third-order valence-electron chi connectivity index (χ3n) is 3.97. The Hall–Kier alpha value is -1.14. The highest BCUT2D eigenvalue weighted by Gasteiger charge is 2.29. The molecule has 1 aliphatic carbocycles. The number of aliphatic hydroxyl groups is 1. The van der Waals surface area contributed by atoms with Crippen LogP contribution in [0.2, 0.25) is 0 Å². The summed E-state index contributed by atoms with van der Waals surface area (Å²) in [4.78, 5) is 12.0. The maximum Gasteiger partial charge on any atom is 0.315 e. The van der Waals surface area contributed by atoms with Crippen LogP contribution in [0.15, 0.2) is 22.8 Å². The summed E-state index contributed by atoms with van der Waals surface area (Å²) in [6.07, 6.45) is 8.16. The summed E-state index contributed by atoms with van der Waals surface area (Å²) in [7, 11) is 0. The van der Waals surface area contributed by atoms with Gasteiger partial charge < -0.3 is 20.2 Å². The average Bonchev–Trinajstić information content (AvgIpc) is 3.01. The van der Waals surface area contributed by atoms with Crippen LogP contribution in [0.25, 0.3) is 0 Å². The van der Waals surface area contributed by atoms with Gasteiger partial charge in [0.25, 0.3) is 0 Å². The molecule has 1 heterocycles. The van der Waals surface area contributed by atoms with E-state index in [9.17, 15) is 9.90 Å². The SMILES string of the molecule is CS[C@@H]1CCCC[C@@H]1NC(=O)NC[C@@](C)(O)c1ccco1. The van der Waals surface area contributed by atoms with Crippen molar-refractivity contribution in [1.29, 1.82) is 0 Å². The second-order valence-electron chi connectivity index (χ2n) is 5.74. The standard InChI is InChI=1S/C15H24N2O3S/c1-15(19,13-8-5-9-20-13)10-16-14(18)17-11-6-3-4-7-12(11)21-2/h5,8-9,11-12,19H,3-4,6-7,10H2,1-2H3,(H2,16,17,18)/t11-,12+,15+/m0/s1. The number of furan rings is 1. The van der Waals surface area contributed by atoms with Crippen molar-refractivity contribution in [3.8, 4) is 0 Å². The number of carbonyl (C=O) groups excluding carboxylic acids is 1. The number of nitrogens with one attached hydrogen (secondary N) is 2. The molecular weight excluding hydrogens is 288 g/mol. The second-order valence-corrected chi connectivity index (χ2v) is 6.82. The van der Waals surface area contributed by atoms with Crippen molar-refractivity contribution < 1.29 is 14.3 Å². The minimum absolute atomic E-state index is 0.114. The Morgan fingerprint density at radius 1 is 1.52 bits per heavy atom. The first kappa shape index (κ1) is 16.2. The van der Waals surface area contributed by atoms with E-state index in [1.807, 2.05) is 11.8 Å². The first-order valence-electron chi connectivity index (χ1n) is 7.36. The van der Waals surface area contributed by atoms with E-state index in [2.05, 4.69) is 16.9 Å². The first-order valence-corrected chi connectivity index (χ1v) is 8.65. The minimum Gasteiger partial charge on any atom is -0.466 e. The van der Waals surface area contributed by atoms with Crippen molar-refractivity contribution in [3.05, 3.63) is 24.2 Å². The minimum atomic E-state index is -1.20. The number of carbonyl (C=O) groups is 1. The monoisotopic (exact) mass is 312 g/mol. The van der Waals surface area contributed by atoms with Gasteiger partial charge in [-0.1, -0.05) is 12.8 Å². The average molecular weight is 312 g/mol. The highest BCUT2D eigenvalue weighted by molar-refractivity contribution is 7.99. The summed E-state index contributed by atoms with van der Waals surface area (Å²) >= 11 is 1.81. The van der Waals surface area contributed by atoms with Gasteiger partial charge in [-0.05, 0) is 38.2 Å². The molecule has 0 unspecified atom stereocenters. The van der Waals surface area contributed by atoms with Crippen LogP contribution >= 0.6 is 11.8 Å². The maximum atomic E-state index is 12.0. The van der Waals surface area contributed by atoms with Gasteiger partial charge in [0, 0.05) is 11.3 Å². The Labute approximate surface area is 129 Å². The third-order valence-corrected chi connectivity index (χ3v) is 5.14. The van der Waals surface area contributed by atoms with Crippen LogP contribution < -0.4 is 10.6 Å². The summed E-state index contributed by atoms with van der Waals surface area (Å²) in [5.41, 5.74) is -1.20. The molecule has 1 fully saturated rings. The first-order chi connectivity index (χ1) is 10.0. The molecule has 0 saturated heterocycles. The molecule has 1 aliphatic rings. The number of hydrogen-bond donors (Lipinski definition) is 3. The molecule has 0 aromatic carbocycles. The third kappa shape index (κ3) is 4.41. The van der Waals surface area contributed by atoms with Gasteiger partial charge in [0.1, 0.15) is 11.4 Å². The van der Waals surface area contributed by atoms with E-state index in [-0.39, 0.29) is 18.6 Å². The summed E-state index contributed by atoms with van der Waals surface area (Å²) < 4.78 is 5.19. The van der Waals surface area contributed by atoms with E-state index >= 15 is 0 Å². The predicted molar refractivity (Wildman–Crippen MR) is 84.4 cm³/mol. The molecule has 1 saturated carbocycles. The zero-order valence-corrected chi connectivity index (χ0v) is 13.4. The number of hydrogen-bond acceptors (Lipinski definition) is 4. The lowest BCUT2D eigenvalue weighted by atomic mass is 9.95. The zero-order chi connectivity index (χ0) is 15.3. The lowest BCUT2D eigenvalue weighted by Crippen LogP contribution is -2.50. The molecule has 2 amide bonds. The fourth-order valence-electron chi connectivity index (χ4n) is 2.69. The van der Waals surface area contributed by atoms with E-state index in [4.69, 9.17) is 4.42 Å². The Kier molecular flexibility index (Phi) is 5.58. The van der Waals surface area contributed by atoms with E-state index in [1.54, 1.807) is 19.1 Å². The molecule has 3 atom stereocenters. The molecule has 0 radical (unpaired) electrons. The maximum absolute atomic E-state index is 12.0. The topological polar surface area (TPSA) is 74.5 Å².